The summed E-state index contributed by atoms with van der Waals surface area (Å²) in [6, 6.07) is 6.24. The zero-order chi connectivity index (χ0) is 17.5. The highest BCUT2D eigenvalue weighted by atomic mass is 79.9. The van der Waals surface area contributed by atoms with Gasteiger partial charge >= 0.3 is 5.97 Å². The van der Waals surface area contributed by atoms with Crippen LogP contribution >= 0.6 is 0 Å². The molecular weight excluding hydrogens is 378 g/mol. The SMILES string of the molecule is C=C(C)C(=O)OCCCCCCCCCCCC[n+]1ccccc1.[Br-]. The van der Waals surface area contributed by atoms with Crippen LogP contribution in [0.1, 0.15) is 71.1 Å². The van der Waals surface area contributed by atoms with Crippen LogP contribution in [0.4, 0.5) is 0 Å². The van der Waals surface area contributed by atoms with Gasteiger partial charge in [0.15, 0.2) is 12.4 Å². The first-order valence-electron chi connectivity index (χ1n) is 9.47. The van der Waals surface area contributed by atoms with Gasteiger partial charge in [0, 0.05) is 24.1 Å². The van der Waals surface area contributed by atoms with Gasteiger partial charge in [-0.3, -0.25) is 0 Å². The molecule has 0 bridgehead atoms. The Labute approximate surface area is 164 Å². The number of hydrogen-bond donors (Lipinski definition) is 0. The van der Waals surface area contributed by atoms with Gasteiger partial charge in [0.05, 0.1) is 6.61 Å². The first-order valence-corrected chi connectivity index (χ1v) is 9.47. The van der Waals surface area contributed by atoms with E-state index in [9.17, 15) is 4.79 Å². The molecule has 1 aromatic rings. The maximum atomic E-state index is 11.2. The summed E-state index contributed by atoms with van der Waals surface area (Å²) in [4.78, 5) is 11.2. The van der Waals surface area contributed by atoms with Crippen molar-refractivity contribution in [1.82, 2.24) is 0 Å². The van der Waals surface area contributed by atoms with Crippen LogP contribution in [0.2, 0.25) is 0 Å². The first kappa shape index (κ1) is 23.8. The van der Waals surface area contributed by atoms with Gasteiger partial charge in [0.1, 0.15) is 6.54 Å². The molecule has 0 aliphatic heterocycles. The fraction of sp³-hybridized carbons (Fsp3) is 0.619. The van der Waals surface area contributed by atoms with E-state index in [1.165, 1.54) is 51.4 Å². The Hall–Kier alpha value is -1.16. The molecule has 0 saturated heterocycles. The highest BCUT2D eigenvalue weighted by Gasteiger charge is 2.02. The predicted octanol–water partition coefficient (Wildman–Crippen LogP) is 2.00. The van der Waals surface area contributed by atoms with Gasteiger partial charge < -0.3 is 21.7 Å². The molecule has 4 heteroatoms. The molecule has 25 heavy (non-hydrogen) atoms. The number of nitrogens with zero attached hydrogens (tertiary/aromatic N) is 1. The fourth-order valence-corrected chi connectivity index (χ4v) is 2.68. The number of ether oxygens (including phenoxy) is 1. The summed E-state index contributed by atoms with van der Waals surface area (Å²) < 4.78 is 7.34. The second-order valence-electron chi connectivity index (χ2n) is 6.57. The molecule has 0 aliphatic rings. The van der Waals surface area contributed by atoms with Crippen LogP contribution in [0.5, 0.6) is 0 Å². The van der Waals surface area contributed by atoms with Crippen LogP contribution in [-0.2, 0) is 16.1 Å². The Morgan fingerprint density at radius 3 is 1.84 bits per heavy atom. The topological polar surface area (TPSA) is 30.2 Å². The van der Waals surface area contributed by atoms with Gasteiger partial charge in [-0.2, -0.15) is 0 Å². The minimum absolute atomic E-state index is 0. The Morgan fingerprint density at radius 2 is 1.32 bits per heavy atom. The number of rotatable bonds is 14. The predicted molar refractivity (Wildman–Crippen MR) is 98.6 cm³/mol. The van der Waals surface area contributed by atoms with Gasteiger partial charge in [-0.25, -0.2) is 9.36 Å². The number of esters is 1. The summed E-state index contributed by atoms with van der Waals surface area (Å²) in [5.41, 5.74) is 0.484. The monoisotopic (exact) mass is 411 g/mol. The van der Waals surface area contributed by atoms with Crippen LogP contribution in [-0.4, -0.2) is 12.6 Å². The largest absolute Gasteiger partial charge is 1.00 e. The van der Waals surface area contributed by atoms with Crippen molar-refractivity contribution in [3.8, 4) is 0 Å². The van der Waals surface area contributed by atoms with E-state index in [1.54, 1.807) is 6.92 Å². The summed E-state index contributed by atoms with van der Waals surface area (Å²) in [6.07, 6.45) is 16.9. The first-order chi connectivity index (χ1) is 11.7. The van der Waals surface area contributed by atoms with Crippen molar-refractivity contribution in [3.05, 3.63) is 42.7 Å². The van der Waals surface area contributed by atoms with E-state index < -0.39 is 0 Å². The molecule has 0 amide bonds. The highest BCUT2D eigenvalue weighted by molar-refractivity contribution is 5.86. The Morgan fingerprint density at radius 1 is 0.840 bits per heavy atom. The third-order valence-electron chi connectivity index (χ3n) is 4.17. The summed E-state index contributed by atoms with van der Waals surface area (Å²) >= 11 is 0. The smallest absolute Gasteiger partial charge is 0.333 e. The molecular formula is C21H34BrNO2. The number of unbranched alkanes of at least 4 members (excludes halogenated alkanes) is 9. The van der Waals surface area contributed by atoms with Crippen LogP contribution < -0.4 is 21.5 Å². The fourth-order valence-electron chi connectivity index (χ4n) is 2.68. The molecule has 1 aromatic heterocycles. The van der Waals surface area contributed by atoms with Crippen LogP contribution in [0.3, 0.4) is 0 Å². The summed E-state index contributed by atoms with van der Waals surface area (Å²) in [7, 11) is 0. The van der Waals surface area contributed by atoms with Crippen molar-refractivity contribution in [2.75, 3.05) is 6.61 Å². The second kappa shape index (κ2) is 16.3. The average Bonchev–Trinajstić information content (AvgIpc) is 2.59. The standard InChI is InChI=1S/C21H34NO2.BrH/c1-20(2)21(23)24-19-15-10-8-6-4-3-5-7-9-12-16-22-17-13-11-14-18-22;/h11,13-14,17-18H,1,3-10,12,15-16,19H2,2H3;1H/q+1;/p-1. The van der Waals surface area contributed by atoms with E-state index in [-0.39, 0.29) is 23.0 Å². The van der Waals surface area contributed by atoms with Crippen molar-refractivity contribution in [2.45, 2.75) is 77.7 Å². The molecule has 0 saturated carbocycles. The molecule has 0 atom stereocenters. The van der Waals surface area contributed by atoms with E-state index in [2.05, 4.69) is 41.7 Å². The van der Waals surface area contributed by atoms with Gasteiger partial charge in [-0.1, -0.05) is 57.6 Å². The average molecular weight is 412 g/mol. The minimum Gasteiger partial charge on any atom is -1.00 e. The molecule has 0 radical (unpaired) electrons. The number of hydrogen-bond acceptors (Lipinski definition) is 2. The van der Waals surface area contributed by atoms with Gasteiger partial charge in [-0.15, -0.1) is 0 Å². The number of aryl methyl sites for hydroxylation is 1. The molecule has 0 fully saturated rings. The Kier molecular flexibility index (Phi) is 15.6. The van der Waals surface area contributed by atoms with Crippen molar-refractivity contribution >= 4 is 5.97 Å². The maximum absolute atomic E-state index is 11.2. The second-order valence-corrected chi connectivity index (χ2v) is 6.57. The van der Waals surface area contributed by atoms with Crippen LogP contribution in [0.15, 0.2) is 42.7 Å². The third-order valence-corrected chi connectivity index (χ3v) is 4.17. The number of aromatic nitrogens is 1. The van der Waals surface area contributed by atoms with E-state index in [4.69, 9.17) is 4.74 Å². The molecule has 0 N–H and O–H groups in total. The van der Waals surface area contributed by atoms with Gasteiger partial charge in [0.25, 0.3) is 0 Å². The number of halogens is 1. The third kappa shape index (κ3) is 13.8. The number of carbonyl (C=O) groups excluding carboxylic acids is 1. The minimum atomic E-state index is -0.263. The highest BCUT2D eigenvalue weighted by Crippen LogP contribution is 2.10. The molecule has 1 heterocycles. The lowest BCUT2D eigenvalue weighted by atomic mass is 10.1. The van der Waals surface area contributed by atoms with Crippen LogP contribution in [0, 0.1) is 0 Å². The van der Waals surface area contributed by atoms with E-state index >= 15 is 0 Å². The van der Waals surface area contributed by atoms with E-state index in [0.717, 1.165) is 19.4 Å². The van der Waals surface area contributed by atoms with Crippen molar-refractivity contribution < 1.29 is 31.1 Å². The molecule has 0 aliphatic carbocycles. The lowest BCUT2D eigenvalue weighted by molar-refractivity contribution is -0.697. The maximum Gasteiger partial charge on any atom is 0.333 e. The van der Waals surface area contributed by atoms with E-state index in [1.807, 2.05) is 0 Å². The molecule has 1 rings (SSSR count). The molecule has 0 aromatic carbocycles. The number of carbonyl (C=O) groups is 1. The van der Waals surface area contributed by atoms with Gasteiger partial charge in [0.2, 0.25) is 0 Å². The van der Waals surface area contributed by atoms with Crippen molar-refractivity contribution in [3.63, 3.8) is 0 Å². The Balaban J connectivity index is 0.00000576. The summed E-state index contributed by atoms with van der Waals surface area (Å²) in [6.45, 7) is 6.92. The quantitative estimate of drug-likeness (QED) is 0.203. The summed E-state index contributed by atoms with van der Waals surface area (Å²) in [5.74, 6) is -0.263. The lowest BCUT2D eigenvalue weighted by Crippen LogP contribution is -3.00. The van der Waals surface area contributed by atoms with Crippen molar-refractivity contribution in [2.24, 2.45) is 0 Å². The molecule has 3 nitrogen and oxygen atoms in total. The normalized spacial score (nSPS) is 10.1. The van der Waals surface area contributed by atoms with Crippen molar-refractivity contribution in [1.29, 1.82) is 0 Å². The van der Waals surface area contributed by atoms with Gasteiger partial charge in [-0.05, 0) is 19.8 Å². The zero-order valence-electron chi connectivity index (χ0n) is 15.7. The molecule has 142 valence electrons. The van der Waals surface area contributed by atoms with Crippen LogP contribution in [0.25, 0.3) is 0 Å². The Bertz CT molecular complexity index is 462. The lowest BCUT2D eigenvalue weighted by Gasteiger charge is -2.04. The zero-order valence-corrected chi connectivity index (χ0v) is 17.3. The summed E-state index contributed by atoms with van der Waals surface area (Å²) in [5, 5.41) is 0. The number of pyridine rings is 1. The molecule has 0 unspecified atom stereocenters. The molecule has 0 spiro atoms. The van der Waals surface area contributed by atoms with E-state index in [0.29, 0.717) is 12.2 Å².